The van der Waals surface area contributed by atoms with Gasteiger partial charge in [0.2, 0.25) is 0 Å². The average Bonchev–Trinajstić information content (AvgIpc) is 3.34. The van der Waals surface area contributed by atoms with E-state index in [-0.39, 0.29) is 5.56 Å². The van der Waals surface area contributed by atoms with Crippen molar-refractivity contribution in [2.75, 3.05) is 0 Å². The van der Waals surface area contributed by atoms with Crippen LogP contribution in [0.25, 0.3) is 44.6 Å². The molecule has 3 heterocycles. The Labute approximate surface area is 172 Å². The topological polar surface area (TPSA) is 84.9 Å². The van der Waals surface area contributed by atoms with Gasteiger partial charge in [0.25, 0.3) is 5.56 Å². The van der Waals surface area contributed by atoms with E-state index < -0.39 is 0 Å². The van der Waals surface area contributed by atoms with Gasteiger partial charge in [0, 0.05) is 23.9 Å². The van der Waals surface area contributed by atoms with Gasteiger partial charge in [-0.1, -0.05) is 54.6 Å². The lowest BCUT2D eigenvalue weighted by Gasteiger charge is -2.13. The highest BCUT2D eigenvalue weighted by molar-refractivity contribution is 5.97. The van der Waals surface area contributed by atoms with Gasteiger partial charge < -0.3 is 15.1 Å². The fourth-order valence-electron chi connectivity index (χ4n) is 3.65. The Bertz CT molecular complexity index is 1370. The van der Waals surface area contributed by atoms with Crippen LogP contribution in [0.3, 0.4) is 0 Å². The van der Waals surface area contributed by atoms with Gasteiger partial charge in [-0.25, -0.2) is 4.98 Å². The second kappa shape index (κ2) is 7.46. The summed E-state index contributed by atoms with van der Waals surface area (Å²) in [6.45, 7) is 0.481. The molecule has 0 aliphatic rings. The van der Waals surface area contributed by atoms with E-state index in [2.05, 4.69) is 4.98 Å². The molecule has 0 saturated carbocycles. The van der Waals surface area contributed by atoms with Gasteiger partial charge in [-0.2, -0.15) is 0 Å². The Kier molecular flexibility index (Phi) is 4.50. The van der Waals surface area contributed by atoms with Crippen molar-refractivity contribution in [3.8, 4) is 33.7 Å². The Balaban J connectivity index is 1.85. The third-order valence-corrected chi connectivity index (χ3v) is 5.20. The smallest absolute Gasteiger partial charge is 0.257 e. The second-order valence-electron chi connectivity index (χ2n) is 7.06. The van der Waals surface area contributed by atoms with Crippen LogP contribution >= 0.6 is 0 Å². The molecular weight excluding hydrogens is 374 g/mol. The minimum Gasteiger partial charge on any atom is -0.464 e. The summed E-state index contributed by atoms with van der Waals surface area (Å²) >= 11 is 0. The molecule has 0 atom stereocenters. The molecule has 30 heavy (non-hydrogen) atoms. The SMILES string of the molecule is NCc1ccc(-c2nc3c(-c4ccco4)c[nH]c(=O)c3cc2-c2ccccc2)cc1. The fourth-order valence-corrected chi connectivity index (χ4v) is 3.65. The van der Waals surface area contributed by atoms with Crippen molar-refractivity contribution in [3.05, 3.63) is 101 Å². The molecule has 146 valence electrons. The molecule has 0 bridgehead atoms. The van der Waals surface area contributed by atoms with Crippen LogP contribution in [0.1, 0.15) is 5.56 Å². The van der Waals surface area contributed by atoms with Crippen molar-refractivity contribution in [2.45, 2.75) is 6.54 Å². The number of fused-ring (bicyclic) bond motifs is 1. The van der Waals surface area contributed by atoms with E-state index in [1.807, 2.05) is 72.8 Å². The monoisotopic (exact) mass is 393 g/mol. The second-order valence-corrected chi connectivity index (χ2v) is 7.06. The Hall–Kier alpha value is -3.96. The van der Waals surface area contributed by atoms with Gasteiger partial charge in [0.15, 0.2) is 0 Å². The van der Waals surface area contributed by atoms with Crippen LogP contribution in [0, 0.1) is 0 Å². The molecule has 0 saturated heterocycles. The maximum absolute atomic E-state index is 12.7. The van der Waals surface area contributed by atoms with Gasteiger partial charge in [0.05, 0.1) is 28.4 Å². The van der Waals surface area contributed by atoms with E-state index in [0.29, 0.717) is 23.2 Å². The summed E-state index contributed by atoms with van der Waals surface area (Å²) in [5.74, 6) is 0.653. The first-order valence-electron chi connectivity index (χ1n) is 9.70. The quantitative estimate of drug-likeness (QED) is 0.451. The summed E-state index contributed by atoms with van der Waals surface area (Å²) in [7, 11) is 0. The minimum atomic E-state index is -0.185. The van der Waals surface area contributed by atoms with Crippen LogP contribution in [-0.2, 0) is 6.54 Å². The first-order chi connectivity index (χ1) is 14.7. The van der Waals surface area contributed by atoms with Crippen molar-refractivity contribution >= 4 is 10.9 Å². The zero-order valence-corrected chi connectivity index (χ0v) is 16.1. The highest BCUT2D eigenvalue weighted by atomic mass is 16.3. The molecule has 3 aromatic heterocycles. The average molecular weight is 393 g/mol. The highest BCUT2D eigenvalue weighted by Crippen LogP contribution is 2.35. The lowest BCUT2D eigenvalue weighted by molar-refractivity contribution is 0.582. The van der Waals surface area contributed by atoms with E-state index in [1.165, 1.54) is 0 Å². The van der Waals surface area contributed by atoms with Crippen LogP contribution in [0.2, 0.25) is 0 Å². The number of aromatic amines is 1. The number of pyridine rings is 2. The maximum atomic E-state index is 12.7. The van der Waals surface area contributed by atoms with Crippen molar-refractivity contribution in [1.29, 1.82) is 0 Å². The van der Waals surface area contributed by atoms with Gasteiger partial charge >= 0.3 is 0 Å². The van der Waals surface area contributed by atoms with Crippen LogP contribution in [0.4, 0.5) is 0 Å². The molecule has 2 aromatic carbocycles. The Morgan fingerprint density at radius 3 is 2.40 bits per heavy atom. The number of nitrogens with two attached hydrogens (primary N) is 1. The van der Waals surface area contributed by atoms with Crippen molar-refractivity contribution in [1.82, 2.24) is 9.97 Å². The zero-order valence-electron chi connectivity index (χ0n) is 16.1. The lowest BCUT2D eigenvalue weighted by atomic mass is 9.96. The molecule has 3 N–H and O–H groups in total. The summed E-state index contributed by atoms with van der Waals surface area (Å²) in [5, 5.41) is 0.519. The summed E-state index contributed by atoms with van der Waals surface area (Å²) in [4.78, 5) is 20.5. The molecule has 0 unspecified atom stereocenters. The number of H-pyrrole nitrogens is 1. The number of hydrogen-bond acceptors (Lipinski definition) is 4. The predicted molar refractivity (Wildman–Crippen MR) is 119 cm³/mol. The first-order valence-corrected chi connectivity index (χ1v) is 9.70. The van der Waals surface area contributed by atoms with Gasteiger partial charge in [-0.15, -0.1) is 0 Å². The number of aromatic nitrogens is 2. The molecule has 5 nitrogen and oxygen atoms in total. The van der Waals surface area contributed by atoms with E-state index >= 15 is 0 Å². The third kappa shape index (κ3) is 3.11. The molecule has 0 aliphatic heterocycles. The standard InChI is InChI=1S/C25H19N3O2/c26-14-16-8-10-18(11-9-16)23-19(17-5-2-1-3-6-17)13-20-24(28-23)21(15-27-25(20)29)22-7-4-12-30-22/h1-13,15H,14,26H2,(H,27,29). The van der Waals surface area contributed by atoms with Crippen LogP contribution in [0.5, 0.6) is 0 Å². The van der Waals surface area contributed by atoms with Crippen molar-refractivity contribution < 1.29 is 4.42 Å². The van der Waals surface area contributed by atoms with E-state index in [0.717, 1.165) is 33.5 Å². The van der Waals surface area contributed by atoms with Crippen LogP contribution < -0.4 is 11.3 Å². The molecule has 0 radical (unpaired) electrons. The lowest BCUT2D eigenvalue weighted by Crippen LogP contribution is -2.08. The third-order valence-electron chi connectivity index (χ3n) is 5.20. The number of furan rings is 1. The molecule has 0 spiro atoms. The Morgan fingerprint density at radius 2 is 1.70 bits per heavy atom. The van der Waals surface area contributed by atoms with E-state index in [1.54, 1.807) is 12.5 Å². The summed E-state index contributed by atoms with van der Waals surface area (Å²) < 4.78 is 5.58. The van der Waals surface area contributed by atoms with Gasteiger partial charge in [0.1, 0.15) is 5.76 Å². The summed E-state index contributed by atoms with van der Waals surface area (Å²) in [6.07, 6.45) is 3.26. The van der Waals surface area contributed by atoms with Crippen molar-refractivity contribution in [2.24, 2.45) is 5.73 Å². The number of rotatable bonds is 4. The highest BCUT2D eigenvalue weighted by Gasteiger charge is 2.17. The van der Waals surface area contributed by atoms with E-state index in [9.17, 15) is 4.79 Å². The summed E-state index contributed by atoms with van der Waals surface area (Å²) in [6, 6.07) is 23.6. The molecule has 0 amide bonds. The number of benzene rings is 2. The normalized spacial score (nSPS) is 11.1. The van der Waals surface area contributed by atoms with Gasteiger partial charge in [-0.05, 0) is 29.3 Å². The number of nitrogens with zero attached hydrogens (tertiary/aromatic N) is 1. The summed E-state index contributed by atoms with van der Waals surface area (Å²) in [5.41, 5.74) is 11.6. The fraction of sp³-hybridized carbons (Fsp3) is 0.0400. The van der Waals surface area contributed by atoms with Crippen molar-refractivity contribution in [3.63, 3.8) is 0 Å². The van der Waals surface area contributed by atoms with Crippen LogP contribution in [-0.4, -0.2) is 9.97 Å². The number of nitrogens with one attached hydrogen (secondary N) is 1. The predicted octanol–water partition coefficient (Wildman–Crippen LogP) is 4.98. The largest absolute Gasteiger partial charge is 0.464 e. The minimum absolute atomic E-state index is 0.185. The Morgan fingerprint density at radius 1 is 0.900 bits per heavy atom. The molecular formula is C25H19N3O2. The molecule has 5 rings (SSSR count). The molecule has 5 heteroatoms. The molecule has 0 aliphatic carbocycles. The van der Waals surface area contributed by atoms with E-state index in [4.69, 9.17) is 15.1 Å². The zero-order chi connectivity index (χ0) is 20.5. The molecule has 5 aromatic rings. The first kappa shape index (κ1) is 18.1. The van der Waals surface area contributed by atoms with Crippen LogP contribution in [0.15, 0.2) is 94.5 Å². The maximum Gasteiger partial charge on any atom is 0.257 e. The number of hydrogen-bond donors (Lipinski definition) is 2. The molecule has 0 fully saturated rings. The van der Waals surface area contributed by atoms with Gasteiger partial charge in [-0.3, -0.25) is 4.79 Å².